The molecule has 1 saturated heterocycles. The number of halogens is 1. The van der Waals surface area contributed by atoms with Gasteiger partial charge in [-0.15, -0.1) is 0 Å². The Hall–Kier alpha value is -0.780. The molecule has 1 heterocycles. The molecule has 0 spiro atoms. The standard InChI is InChI=1S/C14H20BrNO3/c1-16(7-10-3-4-19-9-10)8-11-5-14(18-2)13(17)6-12(11)15/h5-6,10,17H,3-4,7-9H2,1-2H3/t10-/m0/s1. The quantitative estimate of drug-likeness (QED) is 0.901. The minimum absolute atomic E-state index is 0.157. The van der Waals surface area contributed by atoms with Crippen LogP contribution in [0.4, 0.5) is 0 Å². The van der Waals surface area contributed by atoms with E-state index >= 15 is 0 Å². The molecule has 0 saturated carbocycles. The van der Waals surface area contributed by atoms with Gasteiger partial charge in [0.05, 0.1) is 13.7 Å². The van der Waals surface area contributed by atoms with Crippen LogP contribution in [-0.2, 0) is 11.3 Å². The predicted molar refractivity (Wildman–Crippen MR) is 77.6 cm³/mol. The van der Waals surface area contributed by atoms with Crippen molar-refractivity contribution >= 4 is 15.9 Å². The van der Waals surface area contributed by atoms with Gasteiger partial charge in [-0.1, -0.05) is 15.9 Å². The summed E-state index contributed by atoms with van der Waals surface area (Å²) in [5, 5.41) is 9.69. The first kappa shape index (κ1) is 14.6. The van der Waals surface area contributed by atoms with Crippen LogP contribution in [0.5, 0.6) is 11.5 Å². The van der Waals surface area contributed by atoms with Crippen molar-refractivity contribution in [3.05, 3.63) is 22.2 Å². The van der Waals surface area contributed by atoms with E-state index in [1.165, 1.54) is 0 Å². The minimum Gasteiger partial charge on any atom is -0.504 e. The first-order valence-electron chi connectivity index (χ1n) is 6.41. The van der Waals surface area contributed by atoms with Crippen LogP contribution in [0.25, 0.3) is 0 Å². The van der Waals surface area contributed by atoms with E-state index in [4.69, 9.17) is 9.47 Å². The van der Waals surface area contributed by atoms with E-state index in [9.17, 15) is 5.11 Å². The number of hydrogen-bond donors (Lipinski definition) is 1. The van der Waals surface area contributed by atoms with E-state index in [0.717, 1.165) is 42.8 Å². The summed E-state index contributed by atoms with van der Waals surface area (Å²) in [7, 11) is 3.66. The van der Waals surface area contributed by atoms with Crippen molar-refractivity contribution in [3.63, 3.8) is 0 Å². The van der Waals surface area contributed by atoms with Crippen molar-refractivity contribution in [3.8, 4) is 11.5 Å². The molecule has 5 heteroatoms. The average molecular weight is 330 g/mol. The van der Waals surface area contributed by atoms with Gasteiger partial charge in [0.15, 0.2) is 11.5 Å². The summed E-state index contributed by atoms with van der Waals surface area (Å²) in [6, 6.07) is 3.56. The molecule has 0 radical (unpaired) electrons. The van der Waals surface area contributed by atoms with Crippen molar-refractivity contribution in [2.24, 2.45) is 5.92 Å². The number of methoxy groups -OCH3 is 1. The van der Waals surface area contributed by atoms with Gasteiger partial charge in [-0.3, -0.25) is 0 Å². The zero-order valence-electron chi connectivity index (χ0n) is 11.4. The number of nitrogens with zero attached hydrogens (tertiary/aromatic N) is 1. The lowest BCUT2D eigenvalue weighted by molar-refractivity contribution is 0.172. The summed E-state index contributed by atoms with van der Waals surface area (Å²) in [6.45, 7) is 3.59. The molecule has 1 aromatic carbocycles. The maximum Gasteiger partial charge on any atom is 0.160 e. The number of ether oxygens (including phenoxy) is 2. The lowest BCUT2D eigenvalue weighted by Crippen LogP contribution is -2.25. The Balaban J connectivity index is 2.01. The molecule has 2 rings (SSSR count). The molecule has 1 aromatic rings. The highest BCUT2D eigenvalue weighted by Gasteiger charge is 2.18. The third kappa shape index (κ3) is 3.84. The zero-order chi connectivity index (χ0) is 13.8. The van der Waals surface area contributed by atoms with Crippen LogP contribution in [0.15, 0.2) is 16.6 Å². The average Bonchev–Trinajstić information content (AvgIpc) is 2.85. The Bertz CT molecular complexity index is 433. The van der Waals surface area contributed by atoms with Gasteiger partial charge in [0, 0.05) is 24.2 Å². The number of phenols is 1. The molecule has 0 bridgehead atoms. The Morgan fingerprint density at radius 2 is 2.32 bits per heavy atom. The molecular formula is C14H20BrNO3. The summed E-state index contributed by atoms with van der Waals surface area (Å²) in [4.78, 5) is 2.27. The summed E-state index contributed by atoms with van der Waals surface area (Å²) in [6.07, 6.45) is 1.14. The van der Waals surface area contributed by atoms with Gasteiger partial charge in [0.1, 0.15) is 0 Å². The molecule has 0 aromatic heterocycles. The molecule has 106 valence electrons. The maximum absolute atomic E-state index is 9.69. The Morgan fingerprint density at radius 1 is 1.53 bits per heavy atom. The van der Waals surface area contributed by atoms with Gasteiger partial charge < -0.3 is 19.5 Å². The summed E-state index contributed by atoms with van der Waals surface area (Å²) in [5.41, 5.74) is 1.11. The molecule has 1 aliphatic heterocycles. The second kappa shape index (κ2) is 6.59. The molecule has 1 atom stereocenters. The van der Waals surface area contributed by atoms with Crippen molar-refractivity contribution in [1.29, 1.82) is 0 Å². The third-order valence-corrected chi connectivity index (χ3v) is 4.12. The van der Waals surface area contributed by atoms with E-state index < -0.39 is 0 Å². The van der Waals surface area contributed by atoms with Gasteiger partial charge in [-0.05, 0) is 37.1 Å². The van der Waals surface area contributed by atoms with Crippen molar-refractivity contribution in [2.45, 2.75) is 13.0 Å². The summed E-state index contributed by atoms with van der Waals surface area (Å²) < 4.78 is 11.4. The lowest BCUT2D eigenvalue weighted by atomic mass is 10.1. The third-order valence-electron chi connectivity index (χ3n) is 3.38. The fourth-order valence-corrected chi connectivity index (χ4v) is 2.85. The van der Waals surface area contributed by atoms with Crippen LogP contribution in [0, 0.1) is 5.92 Å². The first-order chi connectivity index (χ1) is 9.10. The maximum atomic E-state index is 9.69. The SMILES string of the molecule is COc1cc(CN(C)C[C@@H]2CCOC2)c(Br)cc1O. The molecule has 0 amide bonds. The molecule has 4 nitrogen and oxygen atoms in total. The monoisotopic (exact) mass is 329 g/mol. The molecular weight excluding hydrogens is 310 g/mol. The molecule has 0 unspecified atom stereocenters. The van der Waals surface area contributed by atoms with Gasteiger partial charge in [0.25, 0.3) is 0 Å². The second-order valence-electron chi connectivity index (χ2n) is 5.04. The van der Waals surface area contributed by atoms with E-state index in [1.54, 1.807) is 13.2 Å². The van der Waals surface area contributed by atoms with Gasteiger partial charge in [-0.2, -0.15) is 0 Å². The van der Waals surface area contributed by atoms with Crippen LogP contribution >= 0.6 is 15.9 Å². The Kier molecular flexibility index (Phi) is 5.07. The molecule has 1 fully saturated rings. The Morgan fingerprint density at radius 3 is 2.95 bits per heavy atom. The number of benzene rings is 1. The molecule has 1 aliphatic rings. The van der Waals surface area contributed by atoms with E-state index in [0.29, 0.717) is 11.7 Å². The van der Waals surface area contributed by atoms with Crippen LogP contribution in [0.3, 0.4) is 0 Å². The van der Waals surface area contributed by atoms with E-state index in [1.807, 2.05) is 6.07 Å². The number of phenolic OH excluding ortho intramolecular Hbond substituents is 1. The molecule has 1 N–H and O–H groups in total. The van der Waals surface area contributed by atoms with Gasteiger partial charge in [0.2, 0.25) is 0 Å². The van der Waals surface area contributed by atoms with Crippen LogP contribution in [0.1, 0.15) is 12.0 Å². The normalized spacial score (nSPS) is 19.1. The Labute approximate surface area is 122 Å². The van der Waals surface area contributed by atoms with Gasteiger partial charge >= 0.3 is 0 Å². The summed E-state index contributed by atoms with van der Waals surface area (Å²) >= 11 is 3.48. The van der Waals surface area contributed by atoms with Crippen molar-refractivity contribution in [1.82, 2.24) is 4.90 Å². The first-order valence-corrected chi connectivity index (χ1v) is 7.21. The predicted octanol–water partition coefficient (Wildman–Crippen LogP) is 2.63. The van der Waals surface area contributed by atoms with Crippen LogP contribution < -0.4 is 4.74 Å². The van der Waals surface area contributed by atoms with Gasteiger partial charge in [-0.25, -0.2) is 0 Å². The molecule has 0 aliphatic carbocycles. The number of aromatic hydroxyl groups is 1. The summed E-state index contributed by atoms with van der Waals surface area (Å²) in [5.74, 6) is 1.29. The topological polar surface area (TPSA) is 41.9 Å². The van der Waals surface area contributed by atoms with Crippen LogP contribution in [-0.4, -0.2) is 43.9 Å². The van der Waals surface area contributed by atoms with E-state index in [2.05, 4.69) is 27.9 Å². The minimum atomic E-state index is 0.157. The highest BCUT2D eigenvalue weighted by atomic mass is 79.9. The van der Waals surface area contributed by atoms with Crippen LogP contribution in [0.2, 0.25) is 0 Å². The molecule has 19 heavy (non-hydrogen) atoms. The largest absolute Gasteiger partial charge is 0.504 e. The fraction of sp³-hybridized carbons (Fsp3) is 0.571. The zero-order valence-corrected chi connectivity index (χ0v) is 12.9. The van der Waals surface area contributed by atoms with Crippen molar-refractivity contribution in [2.75, 3.05) is 33.9 Å². The highest BCUT2D eigenvalue weighted by molar-refractivity contribution is 9.10. The van der Waals surface area contributed by atoms with Crippen molar-refractivity contribution < 1.29 is 14.6 Å². The number of hydrogen-bond acceptors (Lipinski definition) is 4. The second-order valence-corrected chi connectivity index (χ2v) is 5.90. The highest BCUT2D eigenvalue weighted by Crippen LogP contribution is 2.33. The smallest absolute Gasteiger partial charge is 0.160 e. The van der Waals surface area contributed by atoms with E-state index in [-0.39, 0.29) is 5.75 Å². The lowest BCUT2D eigenvalue weighted by Gasteiger charge is -2.21. The fourth-order valence-electron chi connectivity index (χ4n) is 2.39. The number of rotatable bonds is 5.